The first kappa shape index (κ1) is 28.7. The SMILES string of the molecule is CC(=O)NCC(F)(F)C(=O)C(Cc1ccc(N)cc1)NC(=O)[C@@H]1CCCN1C(=O)[C@H](N)Cc1ccccc1. The monoisotopic (exact) mass is 529 g/mol. The highest BCUT2D eigenvalue weighted by atomic mass is 19.3. The Bertz CT molecular complexity index is 1140. The van der Waals surface area contributed by atoms with E-state index in [1.807, 2.05) is 35.6 Å². The van der Waals surface area contributed by atoms with Crippen LogP contribution in [-0.2, 0) is 32.0 Å². The van der Waals surface area contributed by atoms with Crippen molar-refractivity contribution in [3.05, 3.63) is 65.7 Å². The number of nitrogens with zero attached hydrogens (tertiary/aromatic N) is 1. The minimum absolute atomic E-state index is 0.227. The van der Waals surface area contributed by atoms with Crippen molar-refractivity contribution in [2.45, 2.75) is 56.7 Å². The molecule has 0 aliphatic carbocycles. The number of ketones is 1. The minimum Gasteiger partial charge on any atom is -0.399 e. The molecule has 1 unspecified atom stereocenters. The van der Waals surface area contributed by atoms with E-state index in [2.05, 4.69) is 5.32 Å². The summed E-state index contributed by atoms with van der Waals surface area (Å²) in [5.74, 6) is -7.34. The summed E-state index contributed by atoms with van der Waals surface area (Å²) in [7, 11) is 0. The molecule has 0 radical (unpaired) electrons. The first-order chi connectivity index (χ1) is 18.0. The van der Waals surface area contributed by atoms with E-state index >= 15 is 0 Å². The van der Waals surface area contributed by atoms with Crippen LogP contribution in [-0.4, -0.2) is 65.5 Å². The molecule has 204 valence electrons. The van der Waals surface area contributed by atoms with Gasteiger partial charge >= 0.3 is 5.92 Å². The van der Waals surface area contributed by atoms with Gasteiger partial charge in [-0.25, -0.2) is 0 Å². The number of nitrogens with two attached hydrogens (primary N) is 2. The van der Waals surface area contributed by atoms with Gasteiger partial charge in [0.1, 0.15) is 6.04 Å². The molecular weight excluding hydrogens is 496 g/mol. The molecule has 0 aromatic heterocycles. The van der Waals surface area contributed by atoms with E-state index in [9.17, 15) is 28.0 Å². The molecule has 2 aromatic rings. The van der Waals surface area contributed by atoms with Crippen molar-refractivity contribution in [1.82, 2.24) is 15.5 Å². The van der Waals surface area contributed by atoms with Gasteiger partial charge < -0.3 is 27.0 Å². The Morgan fingerprint density at radius 2 is 1.66 bits per heavy atom. The Balaban J connectivity index is 1.76. The highest BCUT2D eigenvalue weighted by Gasteiger charge is 2.45. The van der Waals surface area contributed by atoms with Crippen LogP contribution >= 0.6 is 0 Å². The van der Waals surface area contributed by atoms with Gasteiger partial charge in [-0.2, -0.15) is 8.78 Å². The number of carbonyl (C=O) groups excluding carboxylic acids is 4. The summed E-state index contributed by atoms with van der Waals surface area (Å²) in [6.07, 6.45) is 0.880. The molecule has 2 aromatic carbocycles. The second kappa shape index (κ2) is 12.6. The van der Waals surface area contributed by atoms with Gasteiger partial charge in [0.05, 0.1) is 18.6 Å². The summed E-state index contributed by atoms with van der Waals surface area (Å²) in [4.78, 5) is 51.7. The van der Waals surface area contributed by atoms with Crippen molar-refractivity contribution in [2.75, 3.05) is 18.8 Å². The van der Waals surface area contributed by atoms with Crippen LogP contribution in [0.1, 0.15) is 30.9 Å². The largest absolute Gasteiger partial charge is 0.399 e. The number of amides is 3. The molecule has 1 aliphatic rings. The fourth-order valence-corrected chi connectivity index (χ4v) is 4.42. The number of halogens is 2. The second-order valence-corrected chi connectivity index (χ2v) is 9.47. The molecule has 1 fully saturated rings. The zero-order valence-corrected chi connectivity index (χ0v) is 21.2. The summed E-state index contributed by atoms with van der Waals surface area (Å²) in [6, 6.07) is 12.0. The van der Waals surface area contributed by atoms with Gasteiger partial charge in [-0.15, -0.1) is 0 Å². The van der Waals surface area contributed by atoms with Crippen LogP contribution < -0.4 is 22.1 Å². The molecule has 11 heteroatoms. The van der Waals surface area contributed by atoms with Crippen LogP contribution in [0.5, 0.6) is 0 Å². The summed E-state index contributed by atoms with van der Waals surface area (Å²) < 4.78 is 29.4. The molecule has 3 atom stereocenters. The highest BCUT2D eigenvalue weighted by molar-refractivity contribution is 5.97. The summed E-state index contributed by atoms with van der Waals surface area (Å²) in [6.45, 7) is 0.148. The van der Waals surface area contributed by atoms with E-state index in [1.165, 1.54) is 4.90 Å². The summed E-state index contributed by atoms with van der Waals surface area (Å²) in [5, 5.41) is 4.39. The predicted molar refractivity (Wildman–Crippen MR) is 138 cm³/mol. The number of nitrogen functional groups attached to an aromatic ring is 1. The summed E-state index contributed by atoms with van der Waals surface area (Å²) in [5.41, 5.74) is 13.6. The van der Waals surface area contributed by atoms with E-state index in [0.29, 0.717) is 24.1 Å². The molecule has 3 amide bonds. The van der Waals surface area contributed by atoms with Gasteiger partial charge in [-0.05, 0) is 48.9 Å². The predicted octanol–water partition coefficient (Wildman–Crippen LogP) is 1.20. The number of carbonyl (C=O) groups is 4. The molecule has 9 nitrogen and oxygen atoms in total. The van der Waals surface area contributed by atoms with Crippen molar-refractivity contribution >= 4 is 29.2 Å². The van der Waals surface area contributed by atoms with E-state index in [0.717, 1.165) is 12.5 Å². The molecule has 6 N–H and O–H groups in total. The van der Waals surface area contributed by atoms with Crippen LogP contribution in [0.25, 0.3) is 0 Å². The minimum atomic E-state index is -3.93. The van der Waals surface area contributed by atoms with Crippen molar-refractivity contribution in [1.29, 1.82) is 0 Å². The summed E-state index contributed by atoms with van der Waals surface area (Å²) >= 11 is 0. The fourth-order valence-electron chi connectivity index (χ4n) is 4.42. The van der Waals surface area contributed by atoms with Gasteiger partial charge in [-0.1, -0.05) is 42.5 Å². The number of rotatable bonds is 11. The standard InChI is InChI=1S/C27H33F2N5O4/c1-17(35)32-16-27(28,29)24(36)22(15-19-9-11-20(30)12-10-19)33-25(37)23-8-5-13-34(23)26(38)21(31)14-18-6-3-2-4-7-18/h2-4,6-7,9-12,21-23H,5,8,13-16,30-31H2,1H3,(H,32,35)(H,33,37)/t21-,22?,23+/m1/s1. The normalized spacial score (nSPS) is 16.9. The van der Waals surface area contributed by atoms with E-state index in [4.69, 9.17) is 11.5 Å². The molecular formula is C27H33F2N5O4. The van der Waals surface area contributed by atoms with E-state index in [1.54, 1.807) is 24.3 Å². The number of Topliss-reactive ketones (excluding diaryl/α,β-unsaturated/α-hetero) is 1. The number of hydrogen-bond donors (Lipinski definition) is 4. The van der Waals surface area contributed by atoms with E-state index < -0.39 is 54.1 Å². The molecule has 3 rings (SSSR count). The van der Waals surface area contributed by atoms with Gasteiger partial charge in [0.2, 0.25) is 23.5 Å². The maximum absolute atomic E-state index is 14.7. The Labute approximate surface area is 219 Å². The van der Waals surface area contributed by atoms with Crippen molar-refractivity contribution < 1.29 is 28.0 Å². The molecule has 0 bridgehead atoms. The molecule has 38 heavy (non-hydrogen) atoms. The lowest BCUT2D eigenvalue weighted by Crippen LogP contribution is -2.57. The van der Waals surface area contributed by atoms with Gasteiger partial charge in [0, 0.05) is 19.2 Å². The zero-order chi connectivity index (χ0) is 27.9. The first-order valence-electron chi connectivity index (χ1n) is 12.4. The van der Waals surface area contributed by atoms with Gasteiger partial charge in [-0.3, -0.25) is 19.2 Å². The number of alkyl halides is 2. The number of likely N-dealkylation sites (tertiary alicyclic amines) is 1. The molecule has 0 spiro atoms. The Morgan fingerprint density at radius 3 is 2.29 bits per heavy atom. The fraction of sp³-hybridized carbons (Fsp3) is 0.407. The maximum Gasteiger partial charge on any atom is 0.324 e. The van der Waals surface area contributed by atoms with Gasteiger partial charge in [0.25, 0.3) is 0 Å². The molecule has 1 aliphatic heterocycles. The lowest BCUT2D eigenvalue weighted by molar-refractivity contribution is -0.148. The van der Waals surface area contributed by atoms with Crippen molar-refractivity contribution in [3.63, 3.8) is 0 Å². The molecule has 1 heterocycles. The number of benzene rings is 2. The Kier molecular flexibility index (Phi) is 9.51. The van der Waals surface area contributed by atoms with Crippen molar-refractivity contribution in [2.24, 2.45) is 5.73 Å². The maximum atomic E-state index is 14.7. The first-order valence-corrected chi connectivity index (χ1v) is 12.4. The van der Waals surface area contributed by atoms with E-state index in [-0.39, 0.29) is 19.4 Å². The smallest absolute Gasteiger partial charge is 0.324 e. The average Bonchev–Trinajstić information content (AvgIpc) is 3.38. The number of hydrogen-bond acceptors (Lipinski definition) is 6. The Morgan fingerprint density at radius 1 is 1.03 bits per heavy atom. The van der Waals surface area contributed by atoms with Gasteiger partial charge in [0.15, 0.2) is 0 Å². The lowest BCUT2D eigenvalue weighted by atomic mass is 9.97. The average molecular weight is 530 g/mol. The Hall–Kier alpha value is -3.86. The third-order valence-corrected chi connectivity index (χ3v) is 6.43. The van der Waals surface area contributed by atoms with Crippen LogP contribution in [0.15, 0.2) is 54.6 Å². The van der Waals surface area contributed by atoms with Crippen LogP contribution in [0.2, 0.25) is 0 Å². The second-order valence-electron chi connectivity index (χ2n) is 9.47. The number of nitrogens with one attached hydrogen (secondary N) is 2. The highest BCUT2D eigenvalue weighted by Crippen LogP contribution is 2.22. The molecule has 1 saturated heterocycles. The lowest BCUT2D eigenvalue weighted by Gasteiger charge is -2.29. The third kappa shape index (κ3) is 7.58. The zero-order valence-electron chi connectivity index (χ0n) is 21.2. The molecule has 0 saturated carbocycles. The quantitative estimate of drug-likeness (QED) is 0.322. The van der Waals surface area contributed by atoms with Crippen LogP contribution in [0.3, 0.4) is 0 Å². The number of anilines is 1. The van der Waals surface area contributed by atoms with Crippen LogP contribution in [0.4, 0.5) is 14.5 Å². The van der Waals surface area contributed by atoms with Crippen LogP contribution in [0, 0.1) is 0 Å². The topological polar surface area (TPSA) is 148 Å². The third-order valence-electron chi connectivity index (χ3n) is 6.43. The van der Waals surface area contributed by atoms with Crippen molar-refractivity contribution in [3.8, 4) is 0 Å².